The van der Waals surface area contributed by atoms with Crippen LogP contribution in [0, 0.1) is 5.82 Å². The van der Waals surface area contributed by atoms with E-state index in [2.05, 4.69) is 15.9 Å². The molecule has 0 aliphatic heterocycles. The molecule has 0 aromatic heterocycles. The summed E-state index contributed by atoms with van der Waals surface area (Å²) in [5.74, 6) is 0.295. The van der Waals surface area contributed by atoms with Gasteiger partial charge in [-0.1, -0.05) is 40.2 Å². The molecule has 0 bridgehead atoms. The molecule has 1 nitrogen and oxygen atoms in total. The highest BCUT2D eigenvalue weighted by molar-refractivity contribution is 9.10. The van der Waals surface area contributed by atoms with Crippen LogP contribution in [0.4, 0.5) is 10.1 Å². The number of halogens is 3. The lowest BCUT2D eigenvalue weighted by atomic mass is 10.1. The predicted octanol–water partition coefficient (Wildman–Crippen LogP) is 4.96. The summed E-state index contributed by atoms with van der Waals surface area (Å²) in [6.07, 6.45) is 0. The van der Waals surface area contributed by atoms with Gasteiger partial charge in [0, 0.05) is 35.2 Å². The van der Waals surface area contributed by atoms with Crippen LogP contribution in [0.5, 0.6) is 0 Å². The van der Waals surface area contributed by atoms with Crippen molar-refractivity contribution < 1.29 is 4.39 Å². The van der Waals surface area contributed by atoms with E-state index in [-0.39, 0.29) is 5.82 Å². The first-order valence-corrected chi connectivity index (χ1v) is 7.23. The number of hydrogen-bond acceptors (Lipinski definition) is 1. The zero-order valence-corrected chi connectivity index (χ0v) is 12.9. The second-order valence-electron chi connectivity index (χ2n) is 4.36. The Morgan fingerprint density at radius 3 is 2.53 bits per heavy atom. The highest BCUT2D eigenvalue weighted by Crippen LogP contribution is 2.25. The summed E-state index contributed by atoms with van der Waals surface area (Å²) in [6, 6.07) is 12.8. The summed E-state index contributed by atoms with van der Waals surface area (Å²) in [4.78, 5) is 2.00. The van der Waals surface area contributed by atoms with E-state index in [9.17, 15) is 4.39 Å². The number of anilines is 1. The first kappa shape index (κ1) is 14.4. The summed E-state index contributed by atoms with van der Waals surface area (Å²) in [5.41, 5.74) is 2.75. The predicted molar refractivity (Wildman–Crippen MR) is 82.2 cm³/mol. The summed E-state index contributed by atoms with van der Waals surface area (Å²) >= 11 is 9.31. The number of benzene rings is 2. The average molecular weight is 343 g/mol. The molecule has 2 aromatic carbocycles. The molecule has 0 aliphatic rings. The van der Waals surface area contributed by atoms with Gasteiger partial charge in [0.2, 0.25) is 0 Å². The Kier molecular flexibility index (Phi) is 4.83. The zero-order chi connectivity index (χ0) is 13.8. The monoisotopic (exact) mass is 341 g/mol. The van der Waals surface area contributed by atoms with Gasteiger partial charge < -0.3 is 4.90 Å². The molecule has 19 heavy (non-hydrogen) atoms. The van der Waals surface area contributed by atoms with Crippen LogP contribution in [0.3, 0.4) is 0 Å². The average Bonchev–Trinajstić information content (AvgIpc) is 2.41. The molecule has 0 radical (unpaired) electrons. The van der Waals surface area contributed by atoms with Gasteiger partial charge in [-0.15, -0.1) is 11.6 Å². The van der Waals surface area contributed by atoms with Gasteiger partial charge in [0.1, 0.15) is 5.82 Å². The minimum absolute atomic E-state index is 0.175. The second kappa shape index (κ2) is 6.40. The maximum Gasteiger partial charge on any atom is 0.128 e. The second-order valence-corrected chi connectivity index (χ2v) is 5.48. The molecule has 0 saturated heterocycles. The highest BCUT2D eigenvalue weighted by Gasteiger charge is 2.08. The third-order valence-electron chi connectivity index (χ3n) is 2.99. The number of nitrogens with zero attached hydrogens (tertiary/aromatic N) is 1. The van der Waals surface area contributed by atoms with E-state index in [4.69, 9.17) is 11.6 Å². The van der Waals surface area contributed by atoms with Crippen molar-refractivity contribution in [2.75, 3.05) is 11.9 Å². The van der Waals surface area contributed by atoms with Crippen LogP contribution in [0.25, 0.3) is 0 Å². The molecule has 2 rings (SSSR count). The molecular weight excluding hydrogens is 329 g/mol. The van der Waals surface area contributed by atoms with Crippen molar-refractivity contribution in [1.82, 2.24) is 0 Å². The van der Waals surface area contributed by atoms with E-state index in [0.29, 0.717) is 18.0 Å². The smallest absolute Gasteiger partial charge is 0.128 e. The Labute approximate surface area is 126 Å². The molecule has 0 fully saturated rings. The fraction of sp³-hybridized carbons (Fsp3) is 0.200. The Morgan fingerprint density at radius 1 is 1.16 bits per heavy atom. The van der Waals surface area contributed by atoms with Crippen molar-refractivity contribution >= 4 is 33.2 Å². The Hall–Kier alpha value is -1.06. The maximum atomic E-state index is 13.6. The minimum atomic E-state index is -0.175. The van der Waals surface area contributed by atoms with Gasteiger partial charge in [-0.05, 0) is 23.8 Å². The third-order valence-corrected chi connectivity index (χ3v) is 4.01. The van der Waals surface area contributed by atoms with Crippen molar-refractivity contribution in [3.05, 3.63) is 63.9 Å². The van der Waals surface area contributed by atoms with E-state index < -0.39 is 0 Å². The van der Waals surface area contributed by atoms with Crippen LogP contribution >= 0.6 is 27.5 Å². The lowest BCUT2D eigenvalue weighted by Crippen LogP contribution is -2.17. The van der Waals surface area contributed by atoms with E-state index in [1.807, 2.05) is 36.2 Å². The molecule has 0 aliphatic carbocycles. The van der Waals surface area contributed by atoms with Crippen molar-refractivity contribution in [1.29, 1.82) is 0 Å². The molecule has 0 amide bonds. The summed E-state index contributed by atoms with van der Waals surface area (Å²) in [5, 5.41) is 0. The number of hydrogen-bond donors (Lipinski definition) is 0. The molecule has 100 valence electrons. The van der Waals surface area contributed by atoms with Gasteiger partial charge in [0.25, 0.3) is 0 Å². The molecular formula is C15H14BrClFN. The molecule has 0 atom stereocenters. The molecule has 2 aromatic rings. The Morgan fingerprint density at radius 2 is 1.89 bits per heavy atom. The summed E-state index contributed by atoms with van der Waals surface area (Å²) < 4.78 is 14.6. The third kappa shape index (κ3) is 3.48. The SMILES string of the molecule is CN(Cc1ccccc1F)c1ccc(CCl)c(Br)c1. The molecule has 0 N–H and O–H groups in total. The van der Waals surface area contributed by atoms with Crippen molar-refractivity contribution in [2.24, 2.45) is 0 Å². The fourth-order valence-corrected chi connectivity index (χ4v) is 2.76. The van der Waals surface area contributed by atoms with Crippen LogP contribution in [-0.2, 0) is 12.4 Å². The molecule has 0 saturated carbocycles. The van der Waals surface area contributed by atoms with Gasteiger partial charge in [0.05, 0.1) is 0 Å². The van der Waals surface area contributed by atoms with Crippen molar-refractivity contribution in [3.8, 4) is 0 Å². The zero-order valence-electron chi connectivity index (χ0n) is 10.5. The highest BCUT2D eigenvalue weighted by atomic mass is 79.9. The van der Waals surface area contributed by atoms with E-state index >= 15 is 0 Å². The summed E-state index contributed by atoms with van der Waals surface area (Å²) in [7, 11) is 1.94. The first-order valence-electron chi connectivity index (χ1n) is 5.90. The summed E-state index contributed by atoms with van der Waals surface area (Å²) in [6.45, 7) is 0.527. The van der Waals surface area contributed by atoms with Gasteiger partial charge >= 0.3 is 0 Å². The van der Waals surface area contributed by atoms with Crippen LogP contribution < -0.4 is 4.90 Å². The topological polar surface area (TPSA) is 3.24 Å². The molecule has 4 heteroatoms. The van der Waals surface area contributed by atoms with Crippen LogP contribution in [0.15, 0.2) is 46.9 Å². The van der Waals surface area contributed by atoms with E-state index in [0.717, 1.165) is 15.7 Å². The standard InChI is InChI=1S/C15H14BrClFN/c1-19(10-12-4-2-3-5-15(12)18)13-7-6-11(9-17)14(16)8-13/h2-8H,9-10H2,1H3. The lowest BCUT2D eigenvalue weighted by Gasteiger charge is -2.20. The molecule has 0 heterocycles. The van der Waals surface area contributed by atoms with Crippen LogP contribution in [-0.4, -0.2) is 7.05 Å². The van der Waals surface area contributed by atoms with Gasteiger partial charge in [-0.3, -0.25) is 0 Å². The van der Waals surface area contributed by atoms with Gasteiger partial charge in [-0.25, -0.2) is 4.39 Å². The van der Waals surface area contributed by atoms with Crippen molar-refractivity contribution in [3.63, 3.8) is 0 Å². The van der Waals surface area contributed by atoms with Crippen molar-refractivity contribution in [2.45, 2.75) is 12.4 Å². The number of alkyl halides is 1. The first-order chi connectivity index (χ1) is 9.11. The van der Waals surface area contributed by atoms with E-state index in [1.54, 1.807) is 12.1 Å². The molecule has 0 spiro atoms. The molecule has 0 unspecified atom stereocenters. The lowest BCUT2D eigenvalue weighted by molar-refractivity contribution is 0.608. The number of rotatable bonds is 4. The Balaban J connectivity index is 2.18. The largest absolute Gasteiger partial charge is 0.370 e. The maximum absolute atomic E-state index is 13.6. The minimum Gasteiger partial charge on any atom is -0.370 e. The van der Waals surface area contributed by atoms with Crippen LogP contribution in [0.1, 0.15) is 11.1 Å². The quantitative estimate of drug-likeness (QED) is 0.710. The van der Waals surface area contributed by atoms with E-state index in [1.165, 1.54) is 6.07 Å². The normalized spacial score (nSPS) is 10.5. The van der Waals surface area contributed by atoms with Gasteiger partial charge in [0.15, 0.2) is 0 Å². The van der Waals surface area contributed by atoms with Gasteiger partial charge in [-0.2, -0.15) is 0 Å². The van der Waals surface area contributed by atoms with Crippen LogP contribution in [0.2, 0.25) is 0 Å². The fourth-order valence-electron chi connectivity index (χ4n) is 1.86. The Bertz CT molecular complexity index is 574.